The molecule has 44 heavy (non-hydrogen) atoms. The van der Waals surface area contributed by atoms with Crippen LogP contribution in [0.4, 0.5) is 5.95 Å². The number of ether oxygens (including phenoxy) is 2. The third-order valence-electron chi connectivity index (χ3n) is 6.55. The number of carbonyl (C=O) groups excluding carboxylic acids is 1. The lowest BCUT2D eigenvalue weighted by Gasteiger charge is -2.35. The van der Waals surface area contributed by atoms with Crippen LogP contribution in [0.2, 0.25) is 0 Å². The largest absolute Gasteiger partial charge is 0.490 e. The molecule has 2 aromatic rings. The normalized spacial score (nSPS) is 28.0. The number of phosphoric acid groups is 3. The van der Waals surface area contributed by atoms with Gasteiger partial charge in [0.15, 0.2) is 23.5 Å². The molecule has 2 aromatic heterocycles. The summed E-state index contributed by atoms with van der Waals surface area (Å²) < 4.78 is 59.1. The molecule has 25 heteroatoms. The minimum absolute atomic E-state index is 0.0121. The second-order valence-electron chi connectivity index (χ2n) is 10.7. The molecule has 2 aliphatic heterocycles. The Labute approximate surface area is 246 Å². The molecule has 6 atom stereocenters. The molecule has 0 amide bonds. The quantitative estimate of drug-likeness (QED) is 0.114. The van der Waals surface area contributed by atoms with Gasteiger partial charge in [0.05, 0.1) is 29.6 Å². The highest BCUT2D eigenvalue weighted by atomic mass is 31.3. The summed E-state index contributed by atoms with van der Waals surface area (Å²) in [6.45, 7) is 5.19. The number of H-pyrrole nitrogens is 1. The second kappa shape index (κ2) is 11.4. The molecular weight excluding hydrogens is 661 g/mol. The number of aromatic amines is 1. The first kappa shape index (κ1) is 34.5. The highest BCUT2D eigenvalue weighted by Crippen LogP contribution is 2.66. The maximum absolute atomic E-state index is 13.4. The predicted molar refractivity (Wildman–Crippen MR) is 142 cm³/mol. The summed E-state index contributed by atoms with van der Waals surface area (Å²) in [6.07, 6.45) is -4.29. The molecule has 22 nitrogen and oxygen atoms in total. The number of phosphoric ester groups is 1. The van der Waals surface area contributed by atoms with Crippen molar-refractivity contribution in [2.24, 2.45) is 0 Å². The Balaban J connectivity index is 1.64. The fourth-order valence-electron chi connectivity index (χ4n) is 4.73. The molecule has 4 heterocycles. The van der Waals surface area contributed by atoms with E-state index in [9.17, 15) is 43.4 Å². The third-order valence-corrected chi connectivity index (χ3v) is 10.4. The van der Waals surface area contributed by atoms with Gasteiger partial charge in [0, 0.05) is 0 Å². The summed E-state index contributed by atoms with van der Waals surface area (Å²) in [6, 6.07) is 0. The average Bonchev–Trinajstić information content (AvgIpc) is 3.43. The maximum Gasteiger partial charge on any atom is 0.490 e. The number of nitrogen functional groups attached to an aromatic ring is 1. The van der Waals surface area contributed by atoms with Crippen LogP contribution in [-0.4, -0.2) is 96.4 Å². The van der Waals surface area contributed by atoms with E-state index in [0.29, 0.717) is 0 Å². The van der Waals surface area contributed by atoms with Crippen LogP contribution in [0.3, 0.4) is 0 Å². The van der Waals surface area contributed by atoms with E-state index in [1.807, 2.05) is 0 Å². The van der Waals surface area contributed by atoms with Gasteiger partial charge in [-0.1, -0.05) is 6.08 Å². The topological polar surface area (TPSA) is 329 Å². The SMILES string of the molecule is CC1(C)C=C(C(=O)O[C@@H]2[C@H](O)[C@@H](COP(=O)(O)OP(=O)(O)OP(=O)(O)O)O[C@H]2n2cnc3c(=O)[nH]c(N)nc32)C(C)(C)N1O. The van der Waals surface area contributed by atoms with Crippen LogP contribution in [0.25, 0.3) is 11.2 Å². The minimum atomic E-state index is -5.84. The van der Waals surface area contributed by atoms with Gasteiger partial charge in [0.2, 0.25) is 5.95 Å². The molecule has 246 valence electrons. The van der Waals surface area contributed by atoms with E-state index in [4.69, 9.17) is 25.0 Å². The third kappa shape index (κ3) is 7.04. The van der Waals surface area contributed by atoms with Gasteiger partial charge in [-0.15, -0.1) is 0 Å². The zero-order valence-corrected chi connectivity index (χ0v) is 25.8. The van der Waals surface area contributed by atoms with E-state index in [0.717, 1.165) is 16.0 Å². The van der Waals surface area contributed by atoms with Crippen LogP contribution >= 0.6 is 23.5 Å². The van der Waals surface area contributed by atoms with E-state index >= 15 is 0 Å². The number of carbonyl (C=O) groups is 1. The summed E-state index contributed by atoms with van der Waals surface area (Å²) in [5.74, 6) is -1.34. The van der Waals surface area contributed by atoms with Gasteiger partial charge in [-0.2, -0.15) is 18.7 Å². The van der Waals surface area contributed by atoms with Crippen molar-refractivity contribution >= 4 is 46.5 Å². The number of esters is 1. The molecule has 1 saturated heterocycles. The van der Waals surface area contributed by atoms with Gasteiger partial charge >= 0.3 is 29.4 Å². The Morgan fingerprint density at radius 2 is 1.77 bits per heavy atom. The van der Waals surface area contributed by atoms with Gasteiger partial charge in [-0.25, -0.2) is 23.5 Å². The Bertz CT molecular complexity index is 1700. The number of aliphatic hydroxyl groups is 1. The van der Waals surface area contributed by atoms with Crippen molar-refractivity contribution in [1.82, 2.24) is 24.6 Å². The summed E-state index contributed by atoms with van der Waals surface area (Å²) in [5.41, 5.74) is 2.22. The summed E-state index contributed by atoms with van der Waals surface area (Å²) >= 11 is 0. The molecule has 9 N–H and O–H groups in total. The van der Waals surface area contributed by atoms with E-state index in [1.165, 1.54) is 19.9 Å². The average molecular weight is 690 g/mol. The molecule has 2 aliphatic rings. The summed E-state index contributed by atoms with van der Waals surface area (Å²) in [7, 11) is -17.1. The highest BCUT2D eigenvalue weighted by Gasteiger charge is 2.53. The number of fused-ring (bicyclic) bond motifs is 1. The molecule has 0 spiro atoms. The lowest BCUT2D eigenvalue weighted by Crippen LogP contribution is -2.49. The number of nitrogens with zero attached hydrogens (tertiary/aromatic N) is 4. The second-order valence-corrected chi connectivity index (χ2v) is 15.1. The van der Waals surface area contributed by atoms with E-state index in [-0.39, 0.29) is 22.7 Å². The lowest BCUT2D eigenvalue weighted by atomic mass is 9.96. The summed E-state index contributed by atoms with van der Waals surface area (Å²) in [4.78, 5) is 72.4. The van der Waals surface area contributed by atoms with Crippen molar-refractivity contribution in [3.05, 3.63) is 28.3 Å². The van der Waals surface area contributed by atoms with Crippen molar-refractivity contribution in [3.63, 3.8) is 0 Å². The molecule has 4 rings (SSSR count). The number of nitrogens with one attached hydrogen (secondary N) is 1. The van der Waals surface area contributed by atoms with Crippen molar-refractivity contribution in [1.29, 1.82) is 0 Å². The van der Waals surface area contributed by atoms with Gasteiger partial charge in [-0.05, 0) is 27.7 Å². The first-order valence-corrected chi connectivity index (χ1v) is 16.7. The summed E-state index contributed by atoms with van der Waals surface area (Å²) in [5, 5.41) is 22.6. The number of aliphatic hydroxyl groups excluding tert-OH is 1. The maximum atomic E-state index is 13.4. The Morgan fingerprint density at radius 1 is 1.14 bits per heavy atom. The zero-order valence-electron chi connectivity index (χ0n) is 23.1. The smallest absolute Gasteiger partial charge is 0.451 e. The standard InChI is InChI=1S/C19H29N6O16P3/c1-18(2)5-8(19(3,4)25(18)29)16(28)39-12-11(26)9(6-37-43(33,34)41-44(35,36)40-42(30,31)32)38-15(12)24-7-21-10-13(24)22-17(20)23-14(10)27/h5,7,9,11-12,15,26,29H,6H2,1-4H3,(H,33,34)(H,35,36)(H2,30,31,32)(H3,20,22,23,27)/t9-,11-,12-,15-/m1/s1. The van der Waals surface area contributed by atoms with Crippen LogP contribution in [0.1, 0.15) is 33.9 Å². The van der Waals surface area contributed by atoms with Crippen LogP contribution in [0.15, 0.2) is 22.8 Å². The van der Waals surface area contributed by atoms with Crippen molar-refractivity contribution < 1.29 is 71.0 Å². The number of hydroxylamine groups is 2. The Morgan fingerprint density at radius 3 is 2.34 bits per heavy atom. The van der Waals surface area contributed by atoms with Crippen LogP contribution in [-0.2, 0) is 41.1 Å². The predicted octanol–water partition coefficient (Wildman–Crippen LogP) is -0.596. The molecule has 0 saturated carbocycles. The number of nitrogens with two attached hydrogens (primary N) is 1. The van der Waals surface area contributed by atoms with Crippen molar-refractivity contribution in [3.8, 4) is 0 Å². The monoisotopic (exact) mass is 690 g/mol. The molecular formula is C19H29N6O16P3. The molecule has 0 bridgehead atoms. The van der Waals surface area contributed by atoms with E-state index in [1.54, 1.807) is 13.8 Å². The number of anilines is 1. The molecule has 0 aliphatic carbocycles. The van der Waals surface area contributed by atoms with E-state index in [2.05, 4.69) is 28.1 Å². The molecule has 0 radical (unpaired) electrons. The Hall–Kier alpha value is -2.39. The number of imidazole rings is 1. The van der Waals surface area contributed by atoms with Gasteiger partial charge in [0.1, 0.15) is 12.2 Å². The lowest BCUT2D eigenvalue weighted by molar-refractivity contribution is -0.189. The van der Waals surface area contributed by atoms with Gasteiger partial charge < -0.3 is 45.1 Å². The fraction of sp³-hybridized carbons (Fsp3) is 0.579. The molecule has 2 unspecified atom stereocenters. The highest BCUT2D eigenvalue weighted by molar-refractivity contribution is 7.66. The van der Waals surface area contributed by atoms with Crippen LogP contribution in [0.5, 0.6) is 0 Å². The number of aromatic nitrogens is 4. The van der Waals surface area contributed by atoms with Crippen molar-refractivity contribution in [2.75, 3.05) is 12.3 Å². The first-order valence-electron chi connectivity index (χ1n) is 12.2. The van der Waals surface area contributed by atoms with Gasteiger partial charge in [0.25, 0.3) is 5.56 Å². The van der Waals surface area contributed by atoms with E-state index < -0.39 is 77.2 Å². The first-order chi connectivity index (χ1) is 19.9. The molecule has 1 fully saturated rings. The fourth-order valence-corrected chi connectivity index (χ4v) is 7.76. The Kier molecular flexibility index (Phi) is 8.97. The number of hydrogen-bond acceptors (Lipinski definition) is 16. The molecule has 0 aromatic carbocycles. The number of hydrogen-bond donors (Lipinski definition) is 8. The van der Waals surface area contributed by atoms with Crippen LogP contribution < -0.4 is 11.3 Å². The zero-order chi connectivity index (χ0) is 33.2. The van der Waals surface area contributed by atoms with Crippen LogP contribution in [0, 0.1) is 0 Å². The minimum Gasteiger partial charge on any atom is -0.451 e. The van der Waals surface area contributed by atoms with Gasteiger partial charge in [-0.3, -0.25) is 18.9 Å². The van der Waals surface area contributed by atoms with Crippen molar-refractivity contribution in [2.45, 2.75) is 63.3 Å². The number of rotatable bonds is 10.